The van der Waals surface area contributed by atoms with Gasteiger partial charge in [-0.15, -0.1) is 0 Å². The molecular weight excluding hydrogens is 480 g/mol. The van der Waals surface area contributed by atoms with Crippen LogP contribution in [-0.2, 0) is 15.7 Å². The average molecular weight is 515 g/mol. The molecule has 0 spiro atoms. The van der Waals surface area contributed by atoms with Gasteiger partial charge in [0.15, 0.2) is 11.5 Å². The van der Waals surface area contributed by atoms with Crippen molar-refractivity contribution in [3.8, 4) is 11.5 Å². The summed E-state index contributed by atoms with van der Waals surface area (Å²) in [6.45, 7) is 5.04. The smallest absolute Gasteiger partial charge is 0.162 e. The summed E-state index contributed by atoms with van der Waals surface area (Å²) in [5.74, 6) is 1.89. The third-order valence-corrected chi connectivity index (χ3v) is 7.06. The van der Waals surface area contributed by atoms with Gasteiger partial charge in [0.25, 0.3) is 0 Å². The fourth-order valence-corrected chi connectivity index (χ4v) is 4.75. The van der Waals surface area contributed by atoms with Gasteiger partial charge in [-0.3, -0.25) is 4.90 Å². The van der Waals surface area contributed by atoms with Crippen LogP contribution in [0.25, 0.3) is 10.9 Å². The lowest BCUT2D eigenvalue weighted by Gasteiger charge is -2.26. The molecule has 1 atom stereocenters. The normalized spacial score (nSPS) is 15.0. The van der Waals surface area contributed by atoms with E-state index in [0.29, 0.717) is 28.8 Å². The Balaban J connectivity index is 1.59. The molecular formula is C25H34N6O4S. The first-order chi connectivity index (χ1) is 17.5. The van der Waals surface area contributed by atoms with Crippen molar-refractivity contribution >= 4 is 39.1 Å². The fraction of sp³-hybridized carbons (Fsp3) is 0.440. The van der Waals surface area contributed by atoms with Gasteiger partial charge in [-0.1, -0.05) is 0 Å². The third-order valence-electron chi connectivity index (χ3n) is 6.00. The largest absolute Gasteiger partial charge is 0.493 e. The minimum absolute atomic E-state index is 0.568. The van der Waals surface area contributed by atoms with Gasteiger partial charge in [-0.25, -0.2) is 18.9 Å². The van der Waals surface area contributed by atoms with Crippen LogP contribution in [0.2, 0.25) is 0 Å². The number of rotatable bonds is 11. The molecule has 36 heavy (non-hydrogen) atoms. The van der Waals surface area contributed by atoms with Crippen molar-refractivity contribution in [2.75, 3.05) is 77.9 Å². The number of benzene rings is 2. The summed E-state index contributed by atoms with van der Waals surface area (Å²) in [6.07, 6.45) is 2.41. The van der Waals surface area contributed by atoms with Crippen LogP contribution in [0.5, 0.6) is 11.5 Å². The van der Waals surface area contributed by atoms with Gasteiger partial charge in [0.05, 0.1) is 48.7 Å². The number of hydrogen-bond acceptors (Lipinski definition) is 9. The summed E-state index contributed by atoms with van der Waals surface area (Å²) in [6, 6.07) is 9.42. The average Bonchev–Trinajstić information content (AvgIpc) is 2.90. The van der Waals surface area contributed by atoms with Gasteiger partial charge in [0.1, 0.15) is 23.1 Å². The summed E-state index contributed by atoms with van der Waals surface area (Å²) in [5, 5.41) is 4.22. The minimum Gasteiger partial charge on any atom is -0.493 e. The van der Waals surface area contributed by atoms with Crippen LogP contribution in [-0.4, -0.2) is 86.8 Å². The molecule has 0 aliphatic carbocycles. The zero-order valence-electron chi connectivity index (χ0n) is 21.2. The molecule has 2 aromatic carbocycles. The molecule has 1 unspecified atom stereocenters. The number of methoxy groups -OCH3 is 1. The molecule has 10 nitrogen and oxygen atoms in total. The first-order valence-corrected chi connectivity index (χ1v) is 13.1. The lowest BCUT2D eigenvalue weighted by Crippen LogP contribution is -2.37. The molecule has 3 aromatic rings. The zero-order chi connectivity index (χ0) is 25.5. The molecule has 1 aliphatic rings. The monoisotopic (exact) mass is 514 g/mol. The molecule has 1 saturated heterocycles. The third kappa shape index (κ3) is 6.22. The molecule has 0 radical (unpaired) electrons. The Bertz CT molecular complexity index is 1200. The van der Waals surface area contributed by atoms with Crippen LogP contribution in [0, 0.1) is 0 Å². The molecule has 4 rings (SSSR count). The highest BCUT2D eigenvalue weighted by Crippen LogP contribution is 2.36. The zero-order valence-corrected chi connectivity index (χ0v) is 22.1. The Hall–Kier alpha value is -2.99. The van der Waals surface area contributed by atoms with Crippen molar-refractivity contribution in [2.45, 2.75) is 11.3 Å². The predicted octanol–water partition coefficient (Wildman–Crippen LogP) is 2.79. The Morgan fingerprint density at radius 3 is 2.67 bits per heavy atom. The highest BCUT2D eigenvalue weighted by molar-refractivity contribution is 7.83. The molecule has 194 valence electrons. The number of fused-ring (bicyclic) bond motifs is 1. The maximum absolute atomic E-state index is 12.3. The Kier molecular flexibility index (Phi) is 8.92. The number of ether oxygens (including phenoxy) is 3. The molecule has 1 aliphatic heterocycles. The van der Waals surface area contributed by atoms with E-state index in [1.165, 1.54) is 6.33 Å². The first kappa shape index (κ1) is 26.1. The molecule has 2 N–H and O–H groups in total. The second-order valence-corrected chi connectivity index (χ2v) is 9.99. The van der Waals surface area contributed by atoms with Crippen LogP contribution in [0.3, 0.4) is 0 Å². The van der Waals surface area contributed by atoms with E-state index in [0.717, 1.165) is 61.5 Å². The second kappa shape index (κ2) is 12.3. The highest BCUT2D eigenvalue weighted by atomic mass is 32.2. The minimum atomic E-state index is -1.31. The van der Waals surface area contributed by atoms with Crippen LogP contribution < -0.4 is 24.4 Å². The Morgan fingerprint density at radius 1 is 1.14 bits per heavy atom. The van der Waals surface area contributed by atoms with E-state index < -0.39 is 11.0 Å². The summed E-state index contributed by atoms with van der Waals surface area (Å²) in [7, 11) is 5.90. The van der Waals surface area contributed by atoms with Crippen LogP contribution in [0.1, 0.15) is 6.42 Å². The molecule has 0 saturated carbocycles. The summed E-state index contributed by atoms with van der Waals surface area (Å²) in [5.41, 5.74) is 2.45. The van der Waals surface area contributed by atoms with E-state index >= 15 is 0 Å². The van der Waals surface area contributed by atoms with Crippen LogP contribution >= 0.6 is 0 Å². The highest BCUT2D eigenvalue weighted by Gasteiger charge is 2.15. The van der Waals surface area contributed by atoms with Crippen molar-refractivity contribution in [2.24, 2.45) is 0 Å². The molecule has 11 heteroatoms. The van der Waals surface area contributed by atoms with Gasteiger partial charge in [-0.2, -0.15) is 0 Å². The maximum Gasteiger partial charge on any atom is 0.162 e. The van der Waals surface area contributed by atoms with E-state index in [4.69, 9.17) is 14.2 Å². The van der Waals surface area contributed by atoms with Crippen LogP contribution in [0.4, 0.5) is 17.2 Å². The van der Waals surface area contributed by atoms with E-state index in [1.807, 2.05) is 49.3 Å². The number of anilines is 3. The predicted molar refractivity (Wildman–Crippen MR) is 143 cm³/mol. The number of aromatic nitrogens is 2. The van der Waals surface area contributed by atoms with E-state index in [9.17, 15) is 4.21 Å². The molecule has 1 fully saturated rings. The SMILES string of the molecule is CNS(=O)c1ccc(N(C)C)c(Nc2ncnc3cc(OC)c(OCCCN4CCOCC4)cc23)c1. The summed E-state index contributed by atoms with van der Waals surface area (Å²) < 4.78 is 32.3. The summed E-state index contributed by atoms with van der Waals surface area (Å²) >= 11 is 0. The topological polar surface area (TPSA) is 101 Å². The lowest BCUT2D eigenvalue weighted by molar-refractivity contribution is 0.0357. The molecule has 0 bridgehead atoms. The summed E-state index contributed by atoms with van der Waals surface area (Å²) in [4.78, 5) is 14.0. The molecule has 1 aromatic heterocycles. The number of morpholine rings is 1. The van der Waals surface area contributed by atoms with E-state index in [-0.39, 0.29) is 0 Å². The van der Waals surface area contributed by atoms with Crippen molar-refractivity contribution in [1.82, 2.24) is 19.6 Å². The van der Waals surface area contributed by atoms with Crippen molar-refractivity contribution in [3.63, 3.8) is 0 Å². The first-order valence-electron chi connectivity index (χ1n) is 11.9. The van der Waals surface area contributed by atoms with E-state index in [1.54, 1.807) is 14.2 Å². The quantitative estimate of drug-likeness (QED) is 0.374. The van der Waals surface area contributed by atoms with Crippen LogP contribution in [0.15, 0.2) is 41.6 Å². The fourth-order valence-electron chi connectivity index (χ4n) is 4.10. The van der Waals surface area contributed by atoms with Crippen molar-refractivity contribution in [3.05, 3.63) is 36.7 Å². The van der Waals surface area contributed by atoms with Gasteiger partial charge < -0.3 is 24.4 Å². The standard InChI is InChI=1S/C25H34N6O4S/c1-26-36(32)18-6-7-22(30(2)3)21(14-18)29-25-19-15-24(23(33-4)16-20(19)27-17-28-25)35-11-5-8-31-9-12-34-13-10-31/h6-7,14-17,26H,5,8-13H2,1-4H3,(H,27,28,29). The number of nitrogens with one attached hydrogen (secondary N) is 2. The second-order valence-electron chi connectivity index (χ2n) is 8.57. The number of nitrogens with zero attached hydrogens (tertiary/aromatic N) is 4. The maximum atomic E-state index is 12.3. The van der Waals surface area contributed by atoms with Gasteiger partial charge in [0, 0.05) is 45.2 Å². The van der Waals surface area contributed by atoms with Crippen molar-refractivity contribution < 1.29 is 18.4 Å². The molecule has 2 heterocycles. The Labute approximate surface area is 214 Å². The van der Waals surface area contributed by atoms with Gasteiger partial charge in [0.2, 0.25) is 0 Å². The number of hydrogen-bond donors (Lipinski definition) is 2. The van der Waals surface area contributed by atoms with Gasteiger partial charge in [-0.05, 0) is 37.7 Å². The van der Waals surface area contributed by atoms with E-state index in [2.05, 4.69) is 24.9 Å². The Morgan fingerprint density at radius 2 is 1.94 bits per heavy atom. The lowest BCUT2D eigenvalue weighted by atomic mass is 10.2. The van der Waals surface area contributed by atoms with Gasteiger partial charge >= 0.3 is 0 Å². The molecule has 0 amide bonds. The van der Waals surface area contributed by atoms with Crippen molar-refractivity contribution in [1.29, 1.82) is 0 Å².